The number of benzene rings is 1. The highest BCUT2D eigenvalue weighted by atomic mass is 16.2. The Kier molecular flexibility index (Phi) is 3.00. The molecule has 4 nitrogen and oxygen atoms in total. The molecule has 0 spiro atoms. The summed E-state index contributed by atoms with van der Waals surface area (Å²) in [6, 6.07) is 8.58. The number of nitrogens with one attached hydrogen (secondary N) is 1. The summed E-state index contributed by atoms with van der Waals surface area (Å²) in [4.78, 5) is 18.2. The lowest BCUT2D eigenvalue weighted by Crippen LogP contribution is -2.39. The van der Waals surface area contributed by atoms with Crippen molar-refractivity contribution < 1.29 is 4.79 Å². The van der Waals surface area contributed by atoms with Gasteiger partial charge in [-0.2, -0.15) is 0 Å². The van der Waals surface area contributed by atoms with Gasteiger partial charge in [0.25, 0.3) is 0 Å². The number of aromatic nitrogens is 1. The number of fused-ring (bicyclic) bond motifs is 3. The van der Waals surface area contributed by atoms with Crippen LogP contribution in [-0.4, -0.2) is 28.4 Å². The number of amides is 1. The van der Waals surface area contributed by atoms with E-state index in [2.05, 4.69) is 23.2 Å². The molecule has 1 fully saturated rings. The molecule has 2 atom stereocenters. The van der Waals surface area contributed by atoms with Crippen LogP contribution in [0.1, 0.15) is 30.5 Å². The topological polar surface area (TPSA) is 62.1 Å². The van der Waals surface area contributed by atoms with Gasteiger partial charge in [-0.3, -0.25) is 4.79 Å². The number of para-hydroxylation sites is 1. The third kappa shape index (κ3) is 2.14. The molecule has 3 N–H and O–H groups in total. The predicted molar refractivity (Wildman–Crippen MR) is 82.7 cm³/mol. The molecule has 4 heteroatoms. The van der Waals surface area contributed by atoms with Gasteiger partial charge in [-0.1, -0.05) is 18.2 Å². The van der Waals surface area contributed by atoms with E-state index < -0.39 is 0 Å². The molecule has 0 bridgehead atoms. The monoisotopic (exact) mass is 283 g/mol. The lowest BCUT2D eigenvalue weighted by Gasteiger charge is -2.29. The molecule has 1 aromatic heterocycles. The van der Waals surface area contributed by atoms with Gasteiger partial charge in [-0.15, -0.1) is 0 Å². The minimum absolute atomic E-state index is 0.145. The molecule has 2 heterocycles. The van der Waals surface area contributed by atoms with Crippen molar-refractivity contribution in [3.05, 3.63) is 35.5 Å². The number of rotatable bonds is 1. The van der Waals surface area contributed by atoms with Crippen LogP contribution >= 0.6 is 0 Å². The molecule has 110 valence electrons. The van der Waals surface area contributed by atoms with Gasteiger partial charge >= 0.3 is 0 Å². The minimum atomic E-state index is 0.145. The Morgan fingerprint density at radius 3 is 2.95 bits per heavy atom. The van der Waals surface area contributed by atoms with Crippen LogP contribution in [0.25, 0.3) is 10.9 Å². The van der Waals surface area contributed by atoms with Crippen LogP contribution in [-0.2, 0) is 17.8 Å². The highest BCUT2D eigenvalue weighted by Gasteiger charge is 2.33. The van der Waals surface area contributed by atoms with Crippen molar-refractivity contribution in [1.29, 1.82) is 0 Å². The molecule has 1 aliphatic carbocycles. The molecule has 1 amide bonds. The largest absolute Gasteiger partial charge is 0.358 e. The first-order valence-corrected chi connectivity index (χ1v) is 7.85. The number of aromatic amines is 1. The van der Waals surface area contributed by atoms with Crippen LogP contribution in [0.15, 0.2) is 24.3 Å². The first-order chi connectivity index (χ1) is 10.2. The summed E-state index contributed by atoms with van der Waals surface area (Å²) in [6.07, 6.45) is 3.73. The third-order valence-electron chi connectivity index (χ3n) is 5.02. The van der Waals surface area contributed by atoms with E-state index in [4.69, 9.17) is 5.73 Å². The van der Waals surface area contributed by atoms with Gasteiger partial charge < -0.3 is 15.6 Å². The Labute approximate surface area is 124 Å². The molecular weight excluding hydrogens is 262 g/mol. The fourth-order valence-electron chi connectivity index (χ4n) is 3.85. The van der Waals surface area contributed by atoms with Gasteiger partial charge in [0.05, 0.1) is 0 Å². The Balaban J connectivity index is 1.60. The van der Waals surface area contributed by atoms with Gasteiger partial charge in [0.15, 0.2) is 0 Å². The molecule has 21 heavy (non-hydrogen) atoms. The normalized spacial score (nSPS) is 25.3. The molecule has 0 saturated heterocycles. The van der Waals surface area contributed by atoms with Crippen molar-refractivity contribution in [2.45, 2.75) is 38.3 Å². The summed E-state index contributed by atoms with van der Waals surface area (Å²) in [5, 5.41) is 1.26. The van der Waals surface area contributed by atoms with E-state index in [1.54, 1.807) is 0 Å². The number of hydrogen-bond donors (Lipinski definition) is 2. The van der Waals surface area contributed by atoms with Crippen molar-refractivity contribution in [1.82, 2.24) is 9.88 Å². The number of hydrogen-bond acceptors (Lipinski definition) is 2. The zero-order valence-corrected chi connectivity index (χ0v) is 12.1. The summed E-state index contributed by atoms with van der Waals surface area (Å²) in [5.41, 5.74) is 9.72. The van der Waals surface area contributed by atoms with Crippen LogP contribution in [0.2, 0.25) is 0 Å². The number of nitrogens with two attached hydrogens (primary N) is 1. The molecule has 1 aromatic carbocycles. The molecule has 2 unspecified atom stereocenters. The van der Waals surface area contributed by atoms with Gasteiger partial charge in [0.2, 0.25) is 5.91 Å². The fourth-order valence-corrected chi connectivity index (χ4v) is 3.85. The zero-order valence-electron chi connectivity index (χ0n) is 12.1. The molecule has 2 aromatic rings. The summed E-state index contributed by atoms with van der Waals surface area (Å²) < 4.78 is 0. The first-order valence-electron chi connectivity index (χ1n) is 7.85. The average molecular weight is 283 g/mol. The van der Waals surface area contributed by atoms with Gasteiger partial charge in [-0.25, -0.2) is 0 Å². The van der Waals surface area contributed by atoms with E-state index in [9.17, 15) is 4.79 Å². The fraction of sp³-hybridized carbons (Fsp3) is 0.471. The van der Waals surface area contributed by atoms with Crippen molar-refractivity contribution >= 4 is 16.8 Å². The van der Waals surface area contributed by atoms with E-state index in [1.807, 2.05) is 11.0 Å². The van der Waals surface area contributed by atoms with Crippen LogP contribution in [0, 0.1) is 5.92 Å². The molecule has 4 rings (SSSR count). The molecule has 1 aliphatic heterocycles. The zero-order chi connectivity index (χ0) is 14.4. The van der Waals surface area contributed by atoms with Gasteiger partial charge in [-0.05, 0) is 25.3 Å². The molecule has 0 radical (unpaired) electrons. The summed E-state index contributed by atoms with van der Waals surface area (Å²) in [6.45, 7) is 1.56. The van der Waals surface area contributed by atoms with Gasteiger partial charge in [0.1, 0.15) is 0 Å². The minimum Gasteiger partial charge on any atom is -0.358 e. The third-order valence-corrected chi connectivity index (χ3v) is 5.02. The first kappa shape index (κ1) is 12.9. The number of nitrogens with zero attached hydrogens (tertiary/aromatic N) is 1. The van der Waals surface area contributed by atoms with Crippen LogP contribution < -0.4 is 5.73 Å². The Morgan fingerprint density at radius 2 is 2.14 bits per heavy atom. The second-order valence-electron chi connectivity index (χ2n) is 6.41. The van der Waals surface area contributed by atoms with Crippen molar-refractivity contribution in [2.75, 3.05) is 6.54 Å². The number of H-pyrrole nitrogens is 1. The number of carbonyl (C=O) groups excluding carboxylic acids is 1. The Morgan fingerprint density at radius 1 is 1.29 bits per heavy atom. The molecule has 1 saturated carbocycles. The highest BCUT2D eigenvalue weighted by molar-refractivity contribution is 5.86. The average Bonchev–Trinajstić information content (AvgIpc) is 3.09. The maximum Gasteiger partial charge on any atom is 0.226 e. The molecule has 2 aliphatic rings. The van der Waals surface area contributed by atoms with Crippen LogP contribution in [0.4, 0.5) is 0 Å². The molecular formula is C17H21N3O. The second kappa shape index (κ2) is 4.88. The maximum absolute atomic E-state index is 12.7. The van der Waals surface area contributed by atoms with E-state index in [1.165, 1.54) is 22.2 Å². The predicted octanol–water partition coefficient (Wildman–Crippen LogP) is 2.18. The second-order valence-corrected chi connectivity index (χ2v) is 6.41. The van der Waals surface area contributed by atoms with E-state index in [-0.39, 0.29) is 12.0 Å². The highest BCUT2D eigenvalue weighted by Crippen LogP contribution is 2.31. The summed E-state index contributed by atoms with van der Waals surface area (Å²) >= 11 is 0. The van der Waals surface area contributed by atoms with Crippen LogP contribution in [0.3, 0.4) is 0 Å². The van der Waals surface area contributed by atoms with E-state index in [0.29, 0.717) is 5.91 Å². The Hall–Kier alpha value is -1.81. The van der Waals surface area contributed by atoms with Crippen molar-refractivity contribution in [2.24, 2.45) is 11.7 Å². The maximum atomic E-state index is 12.7. The van der Waals surface area contributed by atoms with Crippen LogP contribution in [0.5, 0.6) is 0 Å². The lowest BCUT2D eigenvalue weighted by molar-refractivity contribution is -0.136. The van der Waals surface area contributed by atoms with Crippen molar-refractivity contribution in [3.8, 4) is 0 Å². The summed E-state index contributed by atoms with van der Waals surface area (Å²) in [5.74, 6) is 0.450. The van der Waals surface area contributed by atoms with E-state index >= 15 is 0 Å². The summed E-state index contributed by atoms with van der Waals surface area (Å²) in [7, 11) is 0. The van der Waals surface area contributed by atoms with Crippen molar-refractivity contribution in [3.63, 3.8) is 0 Å². The SMILES string of the molecule is NC1CCC(C(=O)N2CCc3[nH]c4ccccc4c3C2)C1. The lowest BCUT2D eigenvalue weighted by atomic mass is 10.0. The number of carbonyl (C=O) groups is 1. The smallest absolute Gasteiger partial charge is 0.226 e. The Bertz CT molecular complexity index is 690. The van der Waals surface area contributed by atoms with Gasteiger partial charge in [0, 0.05) is 53.6 Å². The van der Waals surface area contributed by atoms with E-state index in [0.717, 1.165) is 38.8 Å². The quantitative estimate of drug-likeness (QED) is 0.842. The standard InChI is InChI=1S/C17H21N3O/c18-12-6-5-11(9-12)17(21)20-8-7-16-14(10-20)13-3-1-2-4-15(13)19-16/h1-4,11-12,19H,5-10,18H2.